The molecule has 1 aliphatic rings. The minimum absolute atomic E-state index is 0.873. The number of nitrogens with zero attached hydrogens (tertiary/aromatic N) is 3. The Hall–Kier alpha value is -2.10. The van der Waals surface area contributed by atoms with Crippen molar-refractivity contribution in [2.45, 2.75) is 19.8 Å². The van der Waals surface area contributed by atoms with Crippen molar-refractivity contribution in [3.8, 4) is 17.0 Å². The fourth-order valence-electron chi connectivity index (χ4n) is 2.71. The molecule has 0 saturated carbocycles. The third-order valence-electron chi connectivity index (χ3n) is 3.77. The molecule has 1 saturated heterocycles. The van der Waals surface area contributed by atoms with Crippen LogP contribution in [0.4, 0.5) is 5.82 Å². The van der Waals surface area contributed by atoms with Gasteiger partial charge in [-0.25, -0.2) is 4.98 Å². The number of ether oxygens (including phenoxy) is 1. The van der Waals surface area contributed by atoms with E-state index in [1.54, 1.807) is 19.5 Å². The van der Waals surface area contributed by atoms with E-state index in [9.17, 15) is 0 Å². The highest BCUT2D eigenvalue weighted by Gasteiger charge is 2.19. The number of methoxy groups -OCH3 is 1. The molecule has 104 valence electrons. The molecule has 0 unspecified atom stereocenters. The molecule has 0 N–H and O–H groups in total. The maximum atomic E-state index is 5.27. The van der Waals surface area contributed by atoms with Crippen molar-refractivity contribution in [3.05, 3.63) is 36.2 Å². The van der Waals surface area contributed by atoms with E-state index in [1.807, 2.05) is 12.1 Å². The Bertz CT molecular complexity index is 606. The zero-order valence-corrected chi connectivity index (χ0v) is 12.0. The second kappa shape index (κ2) is 5.49. The maximum Gasteiger partial charge on any atom is 0.155 e. The number of anilines is 1. The molecule has 0 aliphatic carbocycles. The number of aryl methyl sites for hydroxylation is 1. The van der Waals surface area contributed by atoms with Gasteiger partial charge in [-0.2, -0.15) is 0 Å². The van der Waals surface area contributed by atoms with E-state index in [-0.39, 0.29) is 0 Å². The first kappa shape index (κ1) is 12.9. The highest BCUT2D eigenvalue weighted by atomic mass is 16.5. The number of benzene rings is 1. The van der Waals surface area contributed by atoms with Gasteiger partial charge in [0.1, 0.15) is 11.4 Å². The van der Waals surface area contributed by atoms with Gasteiger partial charge in [-0.05, 0) is 43.5 Å². The molecule has 0 spiro atoms. The van der Waals surface area contributed by atoms with Crippen molar-refractivity contribution in [2.24, 2.45) is 0 Å². The topological polar surface area (TPSA) is 38.3 Å². The van der Waals surface area contributed by atoms with Gasteiger partial charge in [-0.15, -0.1) is 0 Å². The Morgan fingerprint density at radius 3 is 2.55 bits per heavy atom. The summed E-state index contributed by atoms with van der Waals surface area (Å²) in [4.78, 5) is 11.4. The van der Waals surface area contributed by atoms with Crippen LogP contribution < -0.4 is 9.64 Å². The van der Waals surface area contributed by atoms with Crippen LogP contribution in [-0.2, 0) is 0 Å². The van der Waals surface area contributed by atoms with Crippen molar-refractivity contribution < 1.29 is 4.74 Å². The van der Waals surface area contributed by atoms with Crippen molar-refractivity contribution in [3.63, 3.8) is 0 Å². The van der Waals surface area contributed by atoms with Gasteiger partial charge >= 0.3 is 0 Å². The third kappa shape index (κ3) is 2.33. The van der Waals surface area contributed by atoms with Crippen LogP contribution in [0, 0.1) is 6.92 Å². The second-order valence-corrected chi connectivity index (χ2v) is 5.10. The van der Waals surface area contributed by atoms with Crippen LogP contribution in [0.25, 0.3) is 11.3 Å². The van der Waals surface area contributed by atoms with Crippen molar-refractivity contribution in [1.29, 1.82) is 0 Å². The van der Waals surface area contributed by atoms with Gasteiger partial charge in [-0.1, -0.05) is 0 Å². The molecule has 20 heavy (non-hydrogen) atoms. The molecule has 1 fully saturated rings. The summed E-state index contributed by atoms with van der Waals surface area (Å²) in [5.41, 5.74) is 3.25. The third-order valence-corrected chi connectivity index (χ3v) is 3.77. The number of hydrogen-bond acceptors (Lipinski definition) is 4. The molecule has 4 nitrogen and oxygen atoms in total. The van der Waals surface area contributed by atoms with E-state index in [0.29, 0.717) is 0 Å². The molecule has 0 radical (unpaired) electrons. The zero-order chi connectivity index (χ0) is 13.9. The summed E-state index contributed by atoms with van der Waals surface area (Å²) in [6.45, 7) is 4.22. The Morgan fingerprint density at radius 2 is 1.85 bits per heavy atom. The SMILES string of the molecule is COc1ccc(-c2nccnc2N2CCCC2)c(C)c1. The lowest BCUT2D eigenvalue weighted by atomic mass is 10.0. The quantitative estimate of drug-likeness (QED) is 0.858. The predicted molar refractivity (Wildman–Crippen MR) is 80.2 cm³/mol. The van der Waals surface area contributed by atoms with E-state index < -0.39 is 0 Å². The molecule has 1 aromatic carbocycles. The lowest BCUT2D eigenvalue weighted by Crippen LogP contribution is -2.20. The molecule has 0 atom stereocenters. The monoisotopic (exact) mass is 269 g/mol. The van der Waals surface area contributed by atoms with Gasteiger partial charge in [0.2, 0.25) is 0 Å². The lowest BCUT2D eigenvalue weighted by Gasteiger charge is -2.19. The van der Waals surface area contributed by atoms with Crippen LogP contribution in [0.1, 0.15) is 18.4 Å². The summed E-state index contributed by atoms with van der Waals surface area (Å²) in [5, 5.41) is 0. The number of rotatable bonds is 3. The summed E-state index contributed by atoms with van der Waals surface area (Å²) in [5.74, 6) is 1.87. The van der Waals surface area contributed by atoms with Crippen LogP contribution in [-0.4, -0.2) is 30.2 Å². The average Bonchev–Trinajstić information content (AvgIpc) is 3.01. The number of aromatic nitrogens is 2. The molecule has 2 aromatic rings. The lowest BCUT2D eigenvalue weighted by molar-refractivity contribution is 0.414. The fourth-order valence-corrected chi connectivity index (χ4v) is 2.71. The van der Waals surface area contributed by atoms with Gasteiger partial charge in [0.25, 0.3) is 0 Å². The molecule has 1 aromatic heterocycles. The molecule has 0 amide bonds. The molecule has 1 aliphatic heterocycles. The van der Waals surface area contributed by atoms with E-state index in [4.69, 9.17) is 4.74 Å². The molecular weight excluding hydrogens is 250 g/mol. The van der Waals surface area contributed by atoms with E-state index in [2.05, 4.69) is 27.9 Å². The van der Waals surface area contributed by atoms with E-state index >= 15 is 0 Å². The highest BCUT2D eigenvalue weighted by Crippen LogP contribution is 2.32. The zero-order valence-electron chi connectivity index (χ0n) is 12.0. The smallest absolute Gasteiger partial charge is 0.155 e. The maximum absolute atomic E-state index is 5.27. The summed E-state index contributed by atoms with van der Waals surface area (Å²) >= 11 is 0. The summed E-state index contributed by atoms with van der Waals surface area (Å²) in [7, 11) is 1.69. The van der Waals surface area contributed by atoms with Gasteiger partial charge in [0.15, 0.2) is 5.82 Å². The van der Waals surface area contributed by atoms with Crippen molar-refractivity contribution >= 4 is 5.82 Å². The highest BCUT2D eigenvalue weighted by molar-refractivity contribution is 5.75. The van der Waals surface area contributed by atoms with Crippen LogP contribution in [0.15, 0.2) is 30.6 Å². The van der Waals surface area contributed by atoms with Gasteiger partial charge in [-0.3, -0.25) is 4.98 Å². The van der Waals surface area contributed by atoms with E-state index in [1.165, 1.54) is 12.8 Å². The number of hydrogen-bond donors (Lipinski definition) is 0. The molecule has 4 heteroatoms. The summed E-state index contributed by atoms with van der Waals surface area (Å²) < 4.78 is 5.27. The van der Waals surface area contributed by atoms with Crippen molar-refractivity contribution in [1.82, 2.24) is 9.97 Å². The Kier molecular flexibility index (Phi) is 3.54. The molecule has 0 bridgehead atoms. The van der Waals surface area contributed by atoms with Crippen molar-refractivity contribution in [2.75, 3.05) is 25.1 Å². The largest absolute Gasteiger partial charge is 0.497 e. The predicted octanol–water partition coefficient (Wildman–Crippen LogP) is 3.06. The van der Waals surface area contributed by atoms with Gasteiger partial charge in [0.05, 0.1) is 7.11 Å². The Labute approximate surface area is 119 Å². The van der Waals surface area contributed by atoms with Gasteiger partial charge < -0.3 is 9.64 Å². The minimum atomic E-state index is 0.873. The van der Waals surface area contributed by atoms with Gasteiger partial charge in [0, 0.05) is 31.0 Å². The first-order valence-corrected chi connectivity index (χ1v) is 7.00. The summed E-state index contributed by atoms with van der Waals surface area (Å²) in [6, 6.07) is 6.08. The van der Waals surface area contributed by atoms with Crippen LogP contribution in [0.2, 0.25) is 0 Å². The fraction of sp³-hybridized carbons (Fsp3) is 0.375. The Balaban J connectivity index is 2.05. The Morgan fingerprint density at radius 1 is 1.10 bits per heavy atom. The first-order chi connectivity index (χ1) is 9.79. The van der Waals surface area contributed by atoms with E-state index in [0.717, 1.165) is 41.5 Å². The summed E-state index contributed by atoms with van der Waals surface area (Å²) in [6.07, 6.45) is 6.00. The minimum Gasteiger partial charge on any atom is -0.497 e. The van der Waals surface area contributed by atoms with Crippen LogP contribution in [0.5, 0.6) is 5.75 Å². The second-order valence-electron chi connectivity index (χ2n) is 5.10. The molecule has 3 rings (SSSR count). The van der Waals surface area contributed by atoms with Crippen LogP contribution >= 0.6 is 0 Å². The van der Waals surface area contributed by atoms with Crippen LogP contribution in [0.3, 0.4) is 0 Å². The normalized spacial score (nSPS) is 14.6. The molecule has 2 heterocycles. The average molecular weight is 269 g/mol. The molecular formula is C16H19N3O. The first-order valence-electron chi connectivity index (χ1n) is 7.00. The standard InChI is InChI=1S/C16H19N3O/c1-12-11-13(20-2)5-6-14(12)15-16(18-8-7-17-15)19-9-3-4-10-19/h5-8,11H,3-4,9-10H2,1-2H3.